The predicted octanol–water partition coefficient (Wildman–Crippen LogP) is 4.88. The maximum absolute atomic E-state index is 5.94. The lowest BCUT2D eigenvalue weighted by Gasteiger charge is -2.06. The van der Waals surface area contributed by atoms with Gasteiger partial charge in [-0.25, -0.2) is 0 Å². The average Bonchev–Trinajstić information content (AvgIpc) is 2.32. The summed E-state index contributed by atoms with van der Waals surface area (Å²) in [7, 11) is 0. The van der Waals surface area contributed by atoms with Crippen LogP contribution in [0, 0.1) is 0 Å². The van der Waals surface area contributed by atoms with E-state index in [0.29, 0.717) is 10.0 Å². The second-order valence-corrected chi connectivity index (χ2v) is 5.22. The van der Waals surface area contributed by atoms with E-state index in [1.54, 1.807) is 0 Å². The van der Waals surface area contributed by atoms with Gasteiger partial charge in [-0.1, -0.05) is 42.1 Å². The second kappa shape index (κ2) is 9.04. The molecule has 0 spiro atoms. The molecule has 0 aliphatic rings. The summed E-state index contributed by atoms with van der Waals surface area (Å²) in [5.41, 5.74) is 1.17. The van der Waals surface area contributed by atoms with Crippen LogP contribution in [0.2, 0.25) is 10.0 Å². The van der Waals surface area contributed by atoms with Crippen molar-refractivity contribution in [3.05, 3.63) is 33.8 Å². The van der Waals surface area contributed by atoms with E-state index in [-0.39, 0.29) is 0 Å². The van der Waals surface area contributed by atoms with E-state index in [4.69, 9.17) is 34.8 Å². The van der Waals surface area contributed by atoms with E-state index < -0.39 is 0 Å². The van der Waals surface area contributed by atoms with Crippen LogP contribution in [0.3, 0.4) is 0 Å². The molecule has 1 aromatic rings. The Bertz CT molecular complexity index is 328. The molecule has 1 aromatic carbocycles. The third kappa shape index (κ3) is 6.52. The van der Waals surface area contributed by atoms with Crippen molar-refractivity contribution in [1.29, 1.82) is 0 Å². The third-order valence-corrected chi connectivity index (χ3v) is 3.56. The molecule has 96 valence electrons. The van der Waals surface area contributed by atoms with E-state index in [9.17, 15) is 0 Å². The summed E-state index contributed by atoms with van der Waals surface area (Å²) in [6, 6.07) is 5.74. The number of benzene rings is 1. The Balaban J connectivity index is 2.11. The zero-order valence-corrected chi connectivity index (χ0v) is 12.1. The zero-order valence-electron chi connectivity index (χ0n) is 9.82. The molecular weight excluding hydrogens is 277 g/mol. The van der Waals surface area contributed by atoms with Crippen molar-refractivity contribution in [2.45, 2.75) is 32.2 Å². The fraction of sp³-hybridized carbons (Fsp3) is 0.538. The summed E-state index contributed by atoms with van der Waals surface area (Å²) in [5.74, 6) is 0.775. The second-order valence-electron chi connectivity index (χ2n) is 4.03. The third-order valence-electron chi connectivity index (χ3n) is 2.55. The number of rotatable bonds is 8. The van der Waals surface area contributed by atoms with E-state index in [2.05, 4.69) is 5.32 Å². The predicted molar refractivity (Wildman–Crippen MR) is 77.4 cm³/mol. The summed E-state index contributed by atoms with van der Waals surface area (Å²) in [5, 5.41) is 4.62. The normalized spacial score (nSPS) is 10.8. The highest BCUT2D eigenvalue weighted by molar-refractivity contribution is 6.42. The Morgan fingerprint density at radius 3 is 2.41 bits per heavy atom. The van der Waals surface area contributed by atoms with Gasteiger partial charge in [0.1, 0.15) is 0 Å². The van der Waals surface area contributed by atoms with Gasteiger partial charge in [0.05, 0.1) is 10.0 Å². The Morgan fingerprint density at radius 2 is 1.71 bits per heavy atom. The molecule has 0 saturated heterocycles. The van der Waals surface area contributed by atoms with Crippen LogP contribution < -0.4 is 5.32 Å². The Morgan fingerprint density at radius 1 is 0.941 bits per heavy atom. The summed E-state index contributed by atoms with van der Waals surface area (Å²) < 4.78 is 0. The first-order chi connectivity index (χ1) is 8.24. The molecule has 0 aliphatic carbocycles. The summed E-state index contributed by atoms with van der Waals surface area (Å²) in [6.45, 7) is 1.87. The first-order valence-electron chi connectivity index (χ1n) is 5.94. The van der Waals surface area contributed by atoms with Gasteiger partial charge in [-0.05, 0) is 37.1 Å². The highest BCUT2D eigenvalue weighted by Gasteiger charge is 1.98. The summed E-state index contributed by atoms with van der Waals surface area (Å²) in [4.78, 5) is 0. The number of hydrogen-bond donors (Lipinski definition) is 1. The highest BCUT2D eigenvalue weighted by atomic mass is 35.5. The van der Waals surface area contributed by atoms with Crippen molar-refractivity contribution in [2.75, 3.05) is 12.4 Å². The van der Waals surface area contributed by atoms with E-state index in [0.717, 1.165) is 25.4 Å². The SMILES string of the molecule is ClCCCCCCNCc1ccc(Cl)c(Cl)c1. The van der Waals surface area contributed by atoms with E-state index in [1.165, 1.54) is 24.8 Å². The van der Waals surface area contributed by atoms with Crippen molar-refractivity contribution in [2.24, 2.45) is 0 Å². The van der Waals surface area contributed by atoms with Crippen molar-refractivity contribution >= 4 is 34.8 Å². The number of halogens is 3. The molecule has 0 atom stereocenters. The fourth-order valence-corrected chi connectivity index (χ4v) is 2.09. The summed E-state index contributed by atoms with van der Waals surface area (Å²) in [6.07, 6.45) is 4.77. The topological polar surface area (TPSA) is 12.0 Å². The molecule has 0 amide bonds. The number of unbranched alkanes of at least 4 members (excludes halogenated alkanes) is 3. The van der Waals surface area contributed by atoms with Gasteiger partial charge in [0.25, 0.3) is 0 Å². The van der Waals surface area contributed by atoms with Crippen LogP contribution in [0.25, 0.3) is 0 Å². The molecule has 0 fully saturated rings. The van der Waals surface area contributed by atoms with Gasteiger partial charge in [-0.2, -0.15) is 0 Å². The van der Waals surface area contributed by atoms with Gasteiger partial charge in [-0.15, -0.1) is 11.6 Å². The van der Waals surface area contributed by atoms with Crippen LogP contribution in [0.1, 0.15) is 31.2 Å². The molecule has 0 aliphatic heterocycles. The van der Waals surface area contributed by atoms with Gasteiger partial charge in [0.15, 0.2) is 0 Å². The van der Waals surface area contributed by atoms with Crippen molar-refractivity contribution in [1.82, 2.24) is 5.32 Å². The van der Waals surface area contributed by atoms with Crippen molar-refractivity contribution in [3.8, 4) is 0 Å². The molecule has 17 heavy (non-hydrogen) atoms. The number of alkyl halides is 1. The molecule has 0 saturated carbocycles. The van der Waals surface area contributed by atoms with E-state index in [1.807, 2.05) is 18.2 Å². The van der Waals surface area contributed by atoms with Gasteiger partial charge in [0, 0.05) is 12.4 Å². The van der Waals surface area contributed by atoms with Crippen LogP contribution in [-0.2, 0) is 6.54 Å². The van der Waals surface area contributed by atoms with Crippen LogP contribution in [0.4, 0.5) is 0 Å². The van der Waals surface area contributed by atoms with Gasteiger partial charge in [0.2, 0.25) is 0 Å². The lowest BCUT2D eigenvalue weighted by Crippen LogP contribution is -2.14. The monoisotopic (exact) mass is 293 g/mol. The lowest BCUT2D eigenvalue weighted by atomic mass is 10.2. The molecule has 1 N–H and O–H groups in total. The Labute approximate surface area is 118 Å². The standard InChI is InChI=1S/C13H18Cl3N/c14-7-3-1-2-4-8-17-10-11-5-6-12(15)13(16)9-11/h5-6,9,17H,1-4,7-8,10H2. The van der Waals surface area contributed by atoms with Gasteiger partial charge in [-0.3, -0.25) is 0 Å². The van der Waals surface area contributed by atoms with E-state index >= 15 is 0 Å². The van der Waals surface area contributed by atoms with Crippen molar-refractivity contribution < 1.29 is 0 Å². The molecule has 0 unspecified atom stereocenters. The zero-order chi connectivity index (χ0) is 12.5. The lowest BCUT2D eigenvalue weighted by molar-refractivity contribution is 0.599. The number of nitrogens with one attached hydrogen (secondary N) is 1. The van der Waals surface area contributed by atoms with Gasteiger partial charge >= 0.3 is 0 Å². The van der Waals surface area contributed by atoms with Gasteiger partial charge < -0.3 is 5.32 Å². The van der Waals surface area contributed by atoms with Crippen LogP contribution in [-0.4, -0.2) is 12.4 Å². The van der Waals surface area contributed by atoms with Crippen LogP contribution in [0.5, 0.6) is 0 Å². The smallest absolute Gasteiger partial charge is 0.0595 e. The van der Waals surface area contributed by atoms with Crippen LogP contribution >= 0.6 is 34.8 Å². The molecule has 0 bridgehead atoms. The van der Waals surface area contributed by atoms with Crippen LogP contribution in [0.15, 0.2) is 18.2 Å². The first kappa shape index (κ1) is 15.1. The van der Waals surface area contributed by atoms with Crippen molar-refractivity contribution in [3.63, 3.8) is 0 Å². The summed E-state index contributed by atoms with van der Waals surface area (Å²) >= 11 is 17.4. The Hall–Kier alpha value is 0.0500. The molecule has 1 nitrogen and oxygen atoms in total. The molecule has 0 aromatic heterocycles. The highest BCUT2D eigenvalue weighted by Crippen LogP contribution is 2.22. The minimum Gasteiger partial charge on any atom is -0.313 e. The first-order valence-corrected chi connectivity index (χ1v) is 7.23. The maximum Gasteiger partial charge on any atom is 0.0595 e. The molecule has 1 rings (SSSR count). The molecule has 0 radical (unpaired) electrons. The minimum absolute atomic E-state index is 0.608. The maximum atomic E-state index is 5.94. The average molecular weight is 295 g/mol. The Kier molecular flexibility index (Phi) is 8.04. The largest absolute Gasteiger partial charge is 0.313 e. The number of hydrogen-bond acceptors (Lipinski definition) is 1. The molecule has 4 heteroatoms. The molecule has 0 heterocycles. The minimum atomic E-state index is 0.608. The fourth-order valence-electron chi connectivity index (χ4n) is 1.58. The molecular formula is C13H18Cl3N. The quantitative estimate of drug-likeness (QED) is 0.532.